The van der Waals surface area contributed by atoms with E-state index in [-0.39, 0.29) is 24.3 Å². The molecule has 0 radical (unpaired) electrons. The fraction of sp³-hybridized carbons (Fsp3) is 0.423. The molecule has 172 valence electrons. The van der Waals surface area contributed by atoms with E-state index in [0.717, 1.165) is 53.5 Å². The van der Waals surface area contributed by atoms with Crippen molar-refractivity contribution in [3.8, 4) is 5.75 Å². The van der Waals surface area contributed by atoms with Crippen molar-refractivity contribution in [3.05, 3.63) is 65.4 Å². The highest BCUT2D eigenvalue weighted by Gasteiger charge is 2.37. The summed E-state index contributed by atoms with van der Waals surface area (Å²) in [6.07, 6.45) is 10.0. The van der Waals surface area contributed by atoms with E-state index in [2.05, 4.69) is 11.4 Å². The lowest BCUT2D eigenvalue weighted by atomic mass is 9.75. The Morgan fingerprint density at radius 2 is 1.91 bits per heavy atom. The molecule has 1 aliphatic carbocycles. The maximum Gasteiger partial charge on any atom is 0.475 e. The zero-order valence-electron chi connectivity index (χ0n) is 18.8. The molecule has 1 aromatic heterocycles. The minimum Gasteiger partial charge on any atom is -0.487 e. The van der Waals surface area contributed by atoms with Gasteiger partial charge in [-0.15, -0.1) is 0 Å². The number of para-hydroxylation sites is 1. The maximum atomic E-state index is 12.8. The minimum absolute atomic E-state index is 0.0361. The van der Waals surface area contributed by atoms with Crippen LogP contribution in [0.3, 0.4) is 0 Å². The Bertz CT molecular complexity index is 1130. The van der Waals surface area contributed by atoms with Crippen molar-refractivity contribution in [1.82, 2.24) is 5.32 Å². The van der Waals surface area contributed by atoms with Gasteiger partial charge in [-0.05, 0) is 73.8 Å². The lowest BCUT2D eigenvalue weighted by Crippen LogP contribution is -2.48. The number of ether oxygens (including phenoxy) is 1. The number of fused-ring (bicyclic) bond motifs is 2. The molecular weight excluding hydrogens is 417 g/mol. The fourth-order valence-electron chi connectivity index (χ4n) is 5.31. The fourth-order valence-corrected chi connectivity index (χ4v) is 5.31. The van der Waals surface area contributed by atoms with Gasteiger partial charge < -0.3 is 24.5 Å². The van der Waals surface area contributed by atoms with Crippen molar-refractivity contribution in [2.75, 3.05) is 0 Å². The predicted molar refractivity (Wildman–Crippen MR) is 127 cm³/mol. The lowest BCUT2D eigenvalue weighted by molar-refractivity contribution is -0.120. The molecule has 1 amide bonds. The maximum absolute atomic E-state index is 12.8. The average molecular weight is 447 g/mol. The number of rotatable bonds is 6. The molecule has 7 heteroatoms. The predicted octanol–water partition coefficient (Wildman–Crippen LogP) is 3.74. The first-order valence-electron chi connectivity index (χ1n) is 11.9. The van der Waals surface area contributed by atoms with Crippen LogP contribution in [0.25, 0.3) is 11.0 Å². The van der Waals surface area contributed by atoms with Crippen LogP contribution in [0, 0.1) is 0 Å². The number of furan rings is 1. The van der Waals surface area contributed by atoms with Gasteiger partial charge in [0.2, 0.25) is 5.91 Å². The average Bonchev–Trinajstić information content (AvgIpc) is 3.22. The van der Waals surface area contributed by atoms with Gasteiger partial charge in [0.25, 0.3) is 0 Å². The van der Waals surface area contributed by atoms with Crippen LogP contribution >= 0.6 is 0 Å². The van der Waals surface area contributed by atoms with E-state index >= 15 is 0 Å². The van der Waals surface area contributed by atoms with Gasteiger partial charge in [-0.2, -0.15) is 0 Å². The SMILES string of the molecule is O=C(Cc1ccc2c(c1)OC1(CCCCC1)CC2)N[C@@H](Cc1coc2ccccc12)B(O)O. The van der Waals surface area contributed by atoms with Crippen LogP contribution in [0.5, 0.6) is 5.75 Å². The van der Waals surface area contributed by atoms with Crippen molar-refractivity contribution >= 4 is 24.0 Å². The van der Waals surface area contributed by atoms with Crippen LogP contribution in [0.15, 0.2) is 53.1 Å². The van der Waals surface area contributed by atoms with E-state index < -0.39 is 13.1 Å². The summed E-state index contributed by atoms with van der Waals surface area (Å²) >= 11 is 0. The summed E-state index contributed by atoms with van der Waals surface area (Å²) in [4.78, 5) is 12.8. The second-order valence-corrected chi connectivity index (χ2v) is 9.51. The molecule has 2 heterocycles. The lowest BCUT2D eigenvalue weighted by Gasteiger charge is -2.41. The van der Waals surface area contributed by atoms with Gasteiger partial charge in [0.05, 0.1) is 18.6 Å². The number of nitrogens with one attached hydrogen (secondary N) is 1. The smallest absolute Gasteiger partial charge is 0.475 e. The van der Waals surface area contributed by atoms with Gasteiger partial charge in [-0.25, -0.2) is 0 Å². The number of hydrogen-bond acceptors (Lipinski definition) is 5. The summed E-state index contributed by atoms with van der Waals surface area (Å²) in [7, 11) is -1.68. The third kappa shape index (κ3) is 4.80. The summed E-state index contributed by atoms with van der Waals surface area (Å²) in [6.45, 7) is 0. The van der Waals surface area contributed by atoms with E-state index in [1.165, 1.54) is 24.8 Å². The standard InChI is InChI=1S/C26H30BNO5/c29-25(28-24(27(30)31)16-20-17-32-22-7-3-2-6-21(20)22)15-18-8-9-19-10-13-26(33-23(19)14-18)11-4-1-5-12-26/h2-3,6-9,14,17,24,30-31H,1,4-5,10-13,15-16H2,(H,28,29)/t24-/m0/s1. The molecule has 0 bridgehead atoms. The summed E-state index contributed by atoms with van der Waals surface area (Å²) in [6, 6.07) is 13.6. The van der Waals surface area contributed by atoms with Gasteiger partial charge >= 0.3 is 7.12 Å². The van der Waals surface area contributed by atoms with Gasteiger partial charge in [0.1, 0.15) is 16.9 Å². The molecule has 3 N–H and O–H groups in total. The van der Waals surface area contributed by atoms with Gasteiger partial charge in [-0.1, -0.05) is 36.8 Å². The molecule has 0 saturated heterocycles. The van der Waals surface area contributed by atoms with E-state index in [1.807, 2.05) is 36.4 Å². The Kier molecular flexibility index (Phi) is 6.17. The second-order valence-electron chi connectivity index (χ2n) is 9.51. The van der Waals surface area contributed by atoms with Crippen LogP contribution in [0.4, 0.5) is 0 Å². The van der Waals surface area contributed by atoms with Crippen molar-refractivity contribution < 1.29 is 24.0 Å². The van der Waals surface area contributed by atoms with Crippen molar-refractivity contribution in [3.63, 3.8) is 0 Å². The number of hydrogen-bond donors (Lipinski definition) is 3. The second kappa shape index (κ2) is 9.24. The molecule has 0 unspecified atom stereocenters. The molecule has 3 aromatic rings. The van der Waals surface area contributed by atoms with Crippen molar-refractivity contribution in [2.24, 2.45) is 0 Å². The molecule has 1 aliphatic heterocycles. The molecule has 5 rings (SSSR count). The molecule has 33 heavy (non-hydrogen) atoms. The van der Waals surface area contributed by atoms with Gasteiger partial charge in [-0.3, -0.25) is 4.79 Å². The van der Waals surface area contributed by atoms with E-state index in [0.29, 0.717) is 0 Å². The normalized spacial score (nSPS) is 17.9. The minimum atomic E-state index is -1.68. The van der Waals surface area contributed by atoms with E-state index in [4.69, 9.17) is 9.15 Å². The van der Waals surface area contributed by atoms with Crippen LogP contribution in [0.2, 0.25) is 0 Å². The largest absolute Gasteiger partial charge is 0.487 e. The quantitative estimate of drug-likeness (QED) is 0.501. The Labute approximate surface area is 194 Å². The highest BCUT2D eigenvalue weighted by atomic mass is 16.5. The van der Waals surface area contributed by atoms with Crippen LogP contribution in [0.1, 0.15) is 55.2 Å². The van der Waals surface area contributed by atoms with Crippen LogP contribution in [-0.4, -0.2) is 34.6 Å². The van der Waals surface area contributed by atoms with E-state index in [9.17, 15) is 14.8 Å². The molecule has 1 spiro atoms. The third-order valence-electron chi connectivity index (χ3n) is 7.14. The summed E-state index contributed by atoms with van der Waals surface area (Å²) in [5.41, 5.74) is 3.58. The number of carbonyl (C=O) groups is 1. The molecule has 1 atom stereocenters. The van der Waals surface area contributed by atoms with Crippen LogP contribution < -0.4 is 10.1 Å². The summed E-state index contributed by atoms with van der Waals surface area (Å²) in [5.74, 6) is -0.195. The molecule has 2 aromatic carbocycles. The van der Waals surface area contributed by atoms with Crippen molar-refractivity contribution in [2.45, 2.75) is 69.3 Å². The van der Waals surface area contributed by atoms with Gasteiger partial charge in [0, 0.05) is 5.39 Å². The summed E-state index contributed by atoms with van der Waals surface area (Å²) < 4.78 is 12.0. The molecular formula is C26H30BNO5. The molecule has 2 aliphatic rings. The Balaban J connectivity index is 1.25. The molecule has 1 saturated carbocycles. The van der Waals surface area contributed by atoms with Crippen molar-refractivity contribution in [1.29, 1.82) is 0 Å². The zero-order chi connectivity index (χ0) is 22.8. The van der Waals surface area contributed by atoms with E-state index in [1.54, 1.807) is 6.26 Å². The first-order chi connectivity index (χ1) is 16.0. The summed E-state index contributed by atoms with van der Waals surface area (Å²) in [5, 5.41) is 23.5. The highest BCUT2D eigenvalue weighted by Crippen LogP contribution is 2.42. The molecule has 1 fully saturated rings. The van der Waals surface area contributed by atoms with Crippen LogP contribution in [-0.2, 0) is 24.1 Å². The number of benzene rings is 2. The third-order valence-corrected chi connectivity index (χ3v) is 7.14. The topological polar surface area (TPSA) is 91.9 Å². The first-order valence-corrected chi connectivity index (χ1v) is 11.9. The Morgan fingerprint density at radius 1 is 1.09 bits per heavy atom. The Hall–Kier alpha value is -2.77. The highest BCUT2D eigenvalue weighted by molar-refractivity contribution is 6.43. The number of carbonyl (C=O) groups excluding carboxylic acids is 1. The first kappa shape index (κ1) is 22.0. The monoisotopic (exact) mass is 447 g/mol. The zero-order valence-corrected chi connectivity index (χ0v) is 18.8. The van der Waals surface area contributed by atoms with Gasteiger partial charge in [0.15, 0.2) is 0 Å². The number of amides is 1. The molecule has 6 nitrogen and oxygen atoms in total. The number of aryl methyl sites for hydroxylation is 1. The Morgan fingerprint density at radius 3 is 2.73 bits per heavy atom.